The molecule has 0 aliphatic carbocycles. The van der Waals surface area contributed by atoms with Crippen LogP contribution >= 0.6 is 0 Å². The number of rotatable bonds is 7. The van der Waals surface area contributed by atoms with Crippen LogP contribution < -0.4 is 15.4 Å². The van der Waals surface area contributed by atoms with Crippen molar-refractivity contribution in [3.8, 4) is 5.75 Å². The molecule has 0 saturated carbocycles. The minimum Gasteiger partial charge on any atom is -0.493 e. The maximum atomic E-state index is 12.1. The maximum absolute atomic E-state index is 12.1. The van der Waals surface area contributed by atoms with Crippen LogP contribution in [0.25, 0.3) is 0 Å². The second-order valence-corrected chi connectivity index (χ2v) is 6.70. The number of hydrogen-bond donors (Lipinski definition) is 3. The first-order chi connectivity index (χ1) is 12.7. The van der Waals surface area contributed by atoms with Gasteiger partial charge in [0.2, 0.25) is 0 Å². The highest BCUT2D eigenvalue weighted by Crippen LogP contribution is 2.25. The van der Waals surface area contributed by atoms with E-state index in [0.717, 1.165) is 36.3 Å². The van der Waals surface area contributed by atoms with Gasteiger partial charge in [0, 0.05) is 13.0 Å². The number of aryl methyl sites for hydroxylation is 1. The van der Waals surface area contributed by atoms with Gasteiger partial charge < -0.3 is 20.5 Å². The Labute approximate surface area is 154 Å². The van der Waals surface area contributed by atoms with Crippen LogP contribution in [-0.4, -0.2) is 36.9 Å². The summed E-state index contributed by atoms with van der Waals surface area (Å²) in [7, 11) is 0. The Balaban J connectivity index is 1.45. The molecule has 5 heteroatoms. The van der Waals surface area contributed by atoms with Crippen molar-refractivity contribution in [1.29, 1.82) is 0 Å². The van der Waals surface area contributed by atoms with Crippen LogP contribution in [0.2, 0.25) is 0 Å². The molecule has 1 heterocycles. The van der Waals surface area contributed by atoms with E-state index < -0.39 is 0 Å². The molecule has 0 aromatic heterocycles. The lowest BCUT2D eigenvalue weighted by atomic mass is 10.0. The number of hydrogen-bond acceptors (Lipinski definition) is 3. The van der Waals surface area contributed by atoms with Gasteiger partial charge >= 0.3 is 6.03 Å². The van der Waals surface area contributed by atoms with Gasteiger partial charge in [-0.3, -0.25) is 0 Å². The fourth-order valence-electron chi connectivity index (χ4n) is 3.22. The zero-order valence-electron chi connectivity index (χ0n) is 15.1. The second-order valence-electron chi connectivity index (χ2n) is 6.70. The number of aliphatic hydroxyl groups excluding tert-OH is 1. The van der Waals surface area contributed by atoms with Crippen molar-refractivity contribution in [3.63, 3.8) is 0 Å². The summed E-state index contributed by atoms with van der Waals surface area (Å²) in [6.07, 6.45) is 2.33. The third-order valence-corrected chi connectivity index (χ3v) is 4.74. The molecule has 26 heavy (non-hydrogen) atoms. The van der Waals surface area contributed by atoms with Crippen molar-refractivity contribution in [1.82, 2.24) is 10.6 Å². The van der Waals surface area contributed by atoms with Gasteiger partial charge in [-0.15, -0.1) is 0 Å². The summed E-state index contributed by atoms with van der Waals surface area (Å²) >= 11 is 0. The summed E-state index contributed by atoms with van der Waals surface area (Å²) in [5, 5.41) is 15.3. The SMILES string of the molecule is Cc1ccccc1CC(CO)NC(=O)NCCc1ccc2c(c1)CCO2. The van der Waals surface area contributed by atoms with Crippen molar-refractivity contribution in [2.75, 3.05) is 19.8 Å². The molecule has 5 nitrogen and oxygen atoms in total. The average molecular weight is 354 g/mol. The molecule has 2 aromatic carbocycles. The monoisotopic (exact) mass is 354 g/mol. The smallest absolute Gasteiger partial charge is 0.315 e. The standard InChI is InChI=1S/C21H26N2O3/c1-15-4-2-3-5-17(15)13-19(14-24)23-21(25)22-10-8-16-6-7-20-18(12-16)9-11-26-20/h2-7,12,19,24H,8-11,13-14H2,1H3,(H2,22,23,25). The van der Waals surface area contributed by atoms with E-state index in [1.165, 1.54) is 11.1 Å². The minimum absolute atomic E-state index is 0.0907. The lowest BCUT2D eigenvalue weighted by molar-refractivity contribution is 0.216. The predicted molar refractivity (Wildman–Crippen MR) is 102 cm³/mol. The van der Waals surface area contributed by atoms with E-state index in [0.29, 0.717) is 13.0 Å². The summed E-state index contributed by atoms with van der Waals surface area (Å²) in [6, 6.07) is 13.7. The predicted octanol–water partition coefficient (Wildman–Crippen LogP) is 2.38. The van der Waals surface area contributed by atoms with E-state index >= 15 is 0 Å². The van der Waals surface area contributed by atoms with Crippen molar-refractivity contribution in [2.45, 2.75) is 32.2 Å². The number of ether oxygens (including phenoxy) is 1. The van der Waals surface area contributed by atoms with Gasteiger partial charge in [-0.1, -0.05) is 36.4 Å². The number of fused-ring (bicyclic) bond motifs is 1. The molecule has 1 atom stereocenters. The van der Waals surface area contributed by atoms with E-state index in [4.69, 9.17) is 4.74 Å². The number of amides is 2. The third-order valence-electron chi connectivity index (χ3n) is 4.74. The summed E-state index contributed by atoms with van der Waals surface area (Å²) < 4.78 is 5.51. The Bertz CT molecular complexity index is 761. The number of benzene rings is 2. The molecule has 138 valence electrons. The highest BCUT2D eigenvalue weighted by Gasteiger charge is 2.14. The van der Waals surface area contributed by atoms with Crippen LogP contribution in [-0.2, 0) is 19.3 Å². The van der Waals surface area contributed by atoms with E-state index in [2.05, 4.69) is 16.7 Å². The average Bonchev–Trinajstić information content (AvgIpc) is 3.10. The molecule has 3 rings (SSSR count). The first kappa shape index (κ1) is 18.3. The Morgan fingerprint density at radius 3 is 2.92 bits per heavy atom. The molecule has 0 saturated heterocycles. The van der Waals surface area contributed by atoms with Crippen LogP contribution in [0.1, 0.15) is 22.3 Å². The normalized spacial score (nSPS) is 13.6. The quantitative estimate of drug-likeness (QED) is 0.715. The second kappa shape index (κ2) is 8.72. The molecule has 1 aliphatic heterocycles. The van der Waals surface area contributed by atoms with Crippen LogP contribution in [0.4, 0.5) is 4.79 Å². The van der Waals surface area contributed by atoms with Gasteiger partial charge in [-0.05, 0) is 48.1 Å². The van der Waals surface area contributed by atoms with Gasteiger partial charge in [-0.2, -0.15) is 0 Å². The number of carbonyl (C=O) groups excluding carboxylic acids is 1. The zero-order valence-corrected chi connectivity index (χ0v) is 15.1. The topological polar surface area (TPSA) is 70.6 Å². The van der Waals surface area contributed by atoms with Crippen LogP contribution in [0.15, 0.2) is 42.5 Å². The Hall–Kier alpha value is -2.53. The first-order valence-electron chi connectivity index (χ1n) is 9.10. The van der Waals surface area contributed by atoms with Gasteiger partial charge in [-0.25, -0.2) is 4.79 Å². The van der Waals surface area contributed by atoms with Gasteiger partial charge in [0.1, 0.15) is 5.75 Å². The Kier molecular flexibility index (Phi) is 6.12. The van der Waals surface area contributed by atoms with Crippen LogP contribution in [0.5, 0.6) is 5.75 Å². The summed E-state index contributed by atoms with van der Waals surface area (Å²) in [4.78, 5) is 12.1. The maximum Gasteiger partial charge on any atom is 0.315 e. The number of urea groups is 1. The molecule has 3 N–H and O–H groups in total. The van der Waals surface area contributed by atoms with Crippen LogP contribution in [0, 0.1) is 6.92 Å². The Morgan fingerprint density at radius 1 is 1.27 bits per heavy atom. The fraction of sp³-hybridized carbons (Fsp3) is 0.381. The molecule has 1 aliphatic rings. The lowest BCUT2D eigenvalue weighted by Crippen LogP contribution is -2.45. The van der Waals surface area contributed by atoms with Crippen molar-refractivity contribution >= 4 is 6.03 Å². The summed E-state index contributed by atoms with van der Waals surface area (Å²) in [5.41, 5.74) is 4.72. The highest BCUT2D eigenvalue weighted by molar-refractivity contribution is 5.74. The number of nitrogens with one attached hydrogen (secondary N) is 2. The minimum atomic E-state index is -0.298. The summed E-state index contributed by atoms with van der Waals surface area (Å²) in [5.74, 6) is 0.974. The molecule has 0 radical (unpaired) electrons. The van der Waals surface area contributed by atoms with E-state index in [-0.39, 0.29) is 18.7 Å². The molecule has 0 bridgehead atoms. The Morgan fingerprint density at radius 2 is 2.12 bits per heavy atom. The molecular formula is C21H26N2O3. The molecule has 2 aromatic rings. The van der Waals surface area contributed by atoms with Gasteiger partial charge in [0.25, 0.3) is 0 Å². The molecule has 0 fully saturated rings. The number of aliphatic hydroxyl groups is 1. The zero-order chi connectivity index (χ0) is 18.4. The molecular weight excluding hydrogens is 328 g/mol. The van der Waals surface area contributed by atoms with Gasteiger partial charge in [0.15, 0.2) is 0 Å². The van der Waals surface area contributed by atoms with Gasteiger partial charge in [0.05, 0.1) is 19.3 Å². The lowest BCUT2D eigenvalue weighted by Gasteiger charge is -2.18. The molecule has 1 unspecified atom stereocenters. The van der Waals surface area contributed by atoms with Crippen molar-refractivity contribution < 1.29 is 14.6 Å². The summed E-state index contributed by atoms with van der Waals surface area (Å²) in [6.45, 7) is 3.24. The van der Waals surface area contributed by atoms with Crippen molar-refractivity contribution in [2.24, 2.45) is 0 Å². The van der Waals surface area contributed by atoms with E-state index in [1.807, 2.05) is 43.3 Å². The molecule has 0 spiro atoms. The largest absolute Gasteiger partial charge is 0.493 e. The third kappa shape index (κ3) is 4.76. The van der Waals surface area contributed by atoms with Crippen molar-refractivity contribution in [3.05, 3.63) is 64.7 Å². The fourth-order valence-corrected chi connectivity index (χ4v) is 3.22. The highest BCUT2D eigenvalue weighted by atomic mass is 16.5. The van der Waals surface area contributed by atoms with E-state index in [9.17, 15) is 9.90 Å². The van der Waals surface area contributed by atoms with Crippen LogP contribution in [0.3, 0.4) is 0 Å². The van der Waals surface area contributed by atoms with E-state index in [1.54, 1.807) is 0 Å². The first-order valence-corrected chi connectivity index (χ1v) is 9.10. The number of carbonyl (C=O) groups is 1. The molecule has 2 amide bonds.